The summed E-state index contributed by atoms with van der Waals surface area (Å²) in [4.78, 5) is 16.2. The van der Waals surface area contributed by atoms with E-state index in [1.807, 2.05) is 0 Å². The van der Waals surface area contributed by atoms with Gasteiger partial charge in [-0.3, -0.25) is 14.8 Å². The Labute approximate surface area is 142 Å². The summed E-state index contributed by atoms with van der Waals surface area (Å²) in [7, 11) is 1.70. The molecular weight excluding hydrogens is 335 g/mol. The largest absolute Gasteiger partial charge is 0.288 e. The van der Waals surface area contributed by atoms with Crippen molar-refractivity contribution in [2.45, 2.75) is 13.5 Å². The first-order valence-corrected chi connectivity index (χ1v) is 7.46. The predicted octanol–water partition coefficient (Wildman–Crippen LogP) is 2.41. The van der Waals surface area contributed by atoms with Gasteiger partial charge in [0, 0.05) is 7.05 Å². The molecule has 0 saturated heterocycles. The highest BCUT2D eigenvalue weighted by Gasteiger charge is 2.19. The smallest absolute Gasteiger partial charge is 0.280 e. The molecule has 0 atom stereocenters. The van der Waals surface area contributed by atoms with Crippen LogP contribution in [-0.2, 0) is 13.6 Å². The normalized spacial score (nSPS) is 10.8. The number of nitrogens with one attached hydrogen (secondary N) is 1. The molecule has 0 aliphatic rings. The van der Waals surface area contributed by atoms with Crippen molar-refractivity contribution in [1.29, 1.82) is 0 Å². The quantitative estimate of drug-likeness (QED) is 0.785. The molecule has 2 heterocycles. The van der Waals surface area contributed by atoms with Crippen LogP contribution < -0.4 is 5.32 Å². The van der Waals surface area contributed by atoms with Gasteiger partial charge in [-0.05, 0) is 24.6 Å². The molecule has 1 aromatic carbocycles. The fourth-order valence-electron chi connectivity index (χ4n) is 2.14. The molecule has 0 aliphatic heterocycles. The number of carbonyl (C=O) groups excluding carboxylic acids is 1. The molecule has 3 aromatic rings. The van der Waals surface area contributed by atoms with Crippen LogP contribution in [0, 0.1) is 12.7 Å². The molecule has 0 bridgehead atoms. The van der Waals surface area contributed by atoms with Crippen LogP contribution in [0.15, 0.2) is 30.6 Å². The third-order valence-electron chi connectivity index (χ3n) is 3.47. The third kappa shape index (κ3) is 3.28. The number of hydrogen-bond acceptors (Lipinski definition) is 4. The zero-order chi connectivity index (χ0) is 17.3. The summed E-state index contributed by atoms with van der Waals surface area (Å²) in [5.74, 6) is -0.690. The number of benzene rings is 1. The van der Waals surface area contributed by atoms with Gasteiger partial charge < -0.3 is 0 Å². The van der Waals surface area contributed by atoms with Crippen molar-refractivity contribution in [2.24, 2.45) is 7.05 Å². The molecule has 0 unspecified atom stereocenters. The number of carbonyl (C=O) groups is 1. The van der Waals surface area contributed by atoms with Crippen molar-refractivity contribution in [1.82, 2.24) is 24.5 Å². The molecule has 3 rings (SSSR count). The van der Waals surface area contributed by atoms with E-state index in [4.69, 9.17) is 11.6 Å². The van der Waals surface area contributed by atoms with E-state index in [1.54, 1.807) is 26.1 Å². The lowest BCUT2D eigenvalue weighted by Crippen LogP contribution is -2.15. The minimum Gasteiger partial charge on any atom is -0.288 e. The first-order valence-electron chi connectivity index (χ1n) is 7.08. The van der Waals surface area contributed by atoms with Crippen molar-refractivity contribution in [3.63, 3.8) is 0 Å². The Balaban J connectivity index is 1.71. The van der Waals surface area contributed by atoms with E-state index in [0.717, 1.165) is 5.56 Å². The predicted molar refractivity (Wildman–Crippen MR) is 86.4 cm³/mol. The Kier molecular flexibility index (Phi) is 4.30. The van der Waals surface area contributed by atoms with Crippen molar-refractivity contribution >= 4 is 23.5 Å². The first kappa shape index (κ1) is 16.1. The Bertz CT molecular complexity index is 903. The summed E-state index contributed by atoms with van der Waals surface area (Å²) in [6.07, 6.45) is 1.45. The molecule has 124 valence electrons. The monoisotopic (exact) mass is 348 g/mol. The lowest BCUT2D eigenvalue weighted by Gasteiger charge is -2.01. The van der Waals surface area contributed by atoms with E-state index in [-0.39, 0.29) is 22.5 Å². The summed E-state index contributed by atoms with van der Waals surface area (Å²) in [5, 5.41) is 11.0. The summed E-state index contributed by atoms with van der Waals surface area (Å²) in [5.41, 5.74) is 1.53. The van der Waals surface area contributed by atoms with E-state index in [9.17, 15) is 9.18 Å². The Hall–Kier alpha value is -2.74. The minimum absolute atomic E-state index is 0.109. The molecule has 0 spiro atoms. The van der Waals surface area contributed by atoms with Crippen molar-refractivity contribution in [2.75, 3.05) is 5.32 Å². The maximum Gasteiger partial charge on any atom is 0.280 e. The molecule has 0 saturated carbocycles. The SMILES string of the molecule is Cc1c(Cl)c(C(=O)Nc2ncn(Cc3cccc(F)c3)n2)nn1C. The van der Waals surface area contributed by atoms with Gasteiger partial charge in [-0.25, -0.2) is 14.1 Å². The Morgan fingerprint density at radius 2 is 2.17 bits per heavy atom. The number of hydrogen-bond donors (Lipinski definition) is 1. The van der Waals surface area contributed by atoms with Gasteiger partial charge in [0.15, 0.2) is 5.69 Å². The lowest BCUT2D eigenvalue weighted by molar-refractivity contribution is 0.102. The molecular formula is C15H14ClFN6O. The van der Waals surface area contributed by atoms with Gasteiger partial charge in [0.05, 0.1) is 17.3 Å². The third-order valence-corrected chi connectivity index (χ3v) is 3.92. The van der Waals surface area contributed by atoms with Gasteiger partial charge in [-0.2, -0.15) is 5.10 Å². The molecule has 9 heteroatoms. The van der Waals surface area contributed by atoms with E-state index < -0.39 is 5.91 Å². The molecule has 24 heavy (non-hydrogen) atoms. The Morgan fingerprint density at radius 1 is 1.38 bits per heavy atom. The van der Waals surface area contributed by atoms with Crippen LogP contribution >= 0.6 is 11.6 Å². The summed E-state index contributed by atoms with van der Waals surface area (Å²) < 4.78 is 16.2. The second-order valence-corrected chi connectivity index (χ2v) is 5.60. The number of amides is 1. The highest BCUT2D eigenvalue weighted by atomic mass is 35.5. The summed E-state index contributed by atoms with van der Waals surface area (Å²) >= 11 is 6.08. The Morgan fingerprint density at radius 3 is 2.83 bits per heavy atom. The van der Waals surface area contributed by atoms with E-state index in [2.05, 4.69) is 20.5 Å². The standard InChI is InChI=1S/C15H14ClFN6O/c1-9-12(16)13(20-22(9)2)14(24)19-15-18-8-23(21-15)7-10-4-3-5-11(17)6-10/h3-6,8H,7H2,1-2H3,(H,19,21,24). The average molecular weight is 349 g/mol. The molecule has 0 fully saturated rings. The molecule has 0 radical (unpaired) electrons. The second-order valence-electron chi connectivity index (χ2n) is 5.22. The van der Waals surface area contributed by atoms with Gasteiger partial charge in [-0.1, -0.05) is 23.7 Å². The van der Waals surface area contributed by atoms with Crippen LogP contribution in [-0.4, -0.2) is 30.5 Å². The molecule has 2 aromatic heterocycles. The molecule has 0 aliphatic carbocycles. The van der Waals surface area contributed by atoms with Crippen molar-refractivity contribution in [3.05, 3.63) is 58.4 Å². The van der Waals surface area contributed by atoms with Gasteiger partial charge in [0.25, 0.3) is 5.91 Å². The lowest BCUT2D eigenvalue weighted by atomic mass is 10.2. The molecule has 7 nitrogen and oxygen atoms in total. The number of halogens is 2. The summed E-state index contributed by atoms with van der Waals surface area (Å²) in [6.45, 7) is 2.10. The average Bonchev–Trinajstić information content (AvgIpc) is 3.07. The fourth-order valence-corrected chi connectivity index (χ4v) is 2.38. The van der Waals surface area contributed by atoms with E-state index in [1.165, 1.54) is 27.8 Å². The highest BCUT2D eigenvalue weighted by molar-refractivity contribution is 6.34. The van der Waals surface area contributed by atoms with Crippen LogP contribution in [0.5, 0.6) is 0 Å². The van der Waals surface area contributed by atoms with E-state index >= 15 is 0 Å². The van der Waals surface area contributed by atoms with Crippen LogP contribution in [0.25, 0.3) is 0 Å². The maximum atomic E-state index is 13.2. The first-order chi connectivity index (χ1) is 11.4. The fraction of sp³-hybridized carbons (Fsp3) is 0.200. The summed E-state index contributed by atoms with van der Waals surface area (Å²) in [6, 6.07) is 6.18. The molecule has 1 amide bonds. The zero-order valence-corrected chi connectivity index (χ0v) is 13.8. The number of nitrogens with zero attached hydrogens (tertiary/aromatic N) is 5. The number of aryl methyl sites for hydroxylation is 1. The van der Waals surface area contributed by atoms with Crippen molar-refractivity contribution < 1.29 is 9.18 Å². The molecule has 1 N–H and O–H groups in total. The van der Waals surface area contributed by atoms with Crippen LogP contribution in [0.3, 0.4) is 0 Å². The minimum atomic E-state index is -0.493. The van der Waals surface area contributed by atoms with E-state index in [0.29, 0.717) is 12.2 Å². The van der Waals surface area contributed by atoms with Crippen LogP contribution in [0.2, 0.25) is 5.02 Å². The van der Waals surface area contributed by atoms with Crippen LogP contribution in [0.1, 0.15) is 21.7 Å². The number of anilines is 1. The van der Waals surface area contributed by atoms with Gasteiger partial charge in [0.1, 0.15) is 12.1 Å². The van der Waals surface area contributed by atoms with Crippen molar-refractivity contribution in [3.8, 4) is 0 Å². The van der Waals surface area contributed by atoms with Gasteiger partial charge >= 0.3 is 0 Å². The van der Waals surface area contributed by atoms with Gasteiger partial charge in [-0.15, -0.1) is 5.10 Å². The number of aromatic nitrogens is 5. The number of rotatable bonds is 4. The van der Waals surface area contributed by atoms with Crippen LogP contribution in [0.4, 0.5) is 10.3 Å². The topological polar surface area (TPSA) is 77.6 Å². The second kappa shape index (κ2) is 6.40. The zero-order valence-electron chi connectivity index (χ0n) is 13.0. The highest BCUT2D eigenvalue weighted by Crippen LogP contribution is 2.19. The van der Waals surface area contributed by atoms with Gasteiger partial charge in [0.2, 0.25) is 5.95 Å². The maximum absolute atomic E-state index is 13.2.